The van der Waals surface area contributed by atoms with E-state index in [0.29, 0.717) is 0 Å². The summed E-state index contributed by atoms with van der Waals surface area (Å²) in [6, 6.07) is 4.11. The summed E-state index contributed by atoms with van der Waals surface area (Å²) in [5.74, 6) is 1.82. The van der Waals surface area contributed by atoms with Crippen molar-refractivity contribution in [2.75, 3.05) is 27.8 Å². The maximum absolute atomic E-state index is 5.52. The van der Waals surface area contributed by atoms with Crippen LogP contribution in [0.4, 0.5) is 0 Å². The van der Waals surface area contributed by atoms with Gasteiger partial charge in [0, 0.05) is 17.7 Å². The second-order valence-corrected chi connectivity index (χ2v) is 4.68. The van der Waals surface area contributed by atoms with Crippen LogP contribution in [0.2, 0.25) is 0 Å². The van der Waals surface area contributed by atoms with E-state index in [2.05, 4.69) is 24.9 Å². The Kier molecular flexibility index (Phi) is 5.99. The van der Waals surface area contributed by atoms with Crippen molar-refractivity contribution >= 4 is 0 Å². The molecule has 0 aliphatic carbocycles. The van der Waals surface area contributed by atoms with Crippen molar-refractivity contribution in [2.24, 2.45) is 0 Å². The average Bonchev–Trinajstić information content (AvgIpc) is 2.37. The van der Waals surface area contributed by atoms with Gasteiger partial charge in [-0.15, -0.1) is 0 Å². The molecule has 0 heterocycles. The van der Waals surface area contributed by atoms with Gasteiger partial charge in [-0.25, -0.2) is 0 Å². The molecule has 1 aromatic carbocycles. The number of nitrogens with zero attached hydrogens (tertiary/aromatic N) is 1. The van der Waals surface area contributed by atoms with Crippen LogP contribution in [0.5, 0.6) is 11.5 Å². The fraction of sp³-hybridized carbons (Fsp3) is 0.600. The smallest absolute Gasteiger partial charge is 0.129 e. The third kappa shape index (κ3) is 3.64. The number of methoxy groups -OCH3 is 2. The van der Waals surface area contributed by atoms with Crippen molar-refractivity contribution in [2.45, 2.75) is 33.2 Å². The number of benzene rings is 1. The second kappa shape index (κ2) is 7.27. The van der Waals surface area contributed by atoms with Crippen LogP contribution in [-0.4, -0.2) is 32.7 Å². The normalized spacial score (nSPS) is 10.8. The Morgan fingerprint density at radius 1 is 1.17 bits per heavy atom. The first-order valence-electron chi connectivity index (χ1n) is 6.53. The molecule has 3 nitrogen and oxygen atoms in total. The molecule has 0 aliphatic rings. The molecule has 0 amide bonds. The molecule has 0 bridgehead atoms. The van der Waals surface area contributed by atoms with Gasteiger partial charge in [-0.1, -0.05) is 19.4 Å². The molecule has 0 saturated carbocycles. The van der Waals surface area contributed by atoms with Gasteiger partial charge in [-0.05, 0) is 33.0 Å². The molecule has 1 rings (SSSR count). The van der Waals surface area contributed by atoms with Crippen molar-refractivity contribution in [1.82, 2.24) is 4.90 Å². The first kappa shape index (κ1) is 14.8. The highest BCUT2D eigenvalue weighted by Gasteiger charge is 2.12. The molecule has 0 radical (unpaired) electrons. The van der Waals surface area contributed by atoms with E-state index in [9.17, 15) is 0 Å². The largest absolute Gasteiger partial charge is 0.496 e. The summed E-state index contributed by atoms with van der Waals surface area (Å²) in [4.78, 5) is 2.33. The Morgan fingerprint density at radius 2 is 1.89 bits per heavy atom. The van der Waals surface area contributed by atoms with Gasteiger partial charge < -0.3 is 14.4 Å². The minimum absolute atomic E-state index is 0.881. The predicted molar refractivity (Wildman–Crippen MR) is 75.5 cm³/mol. The van der Waals surface area contributed by atoms with Gasteiger partial charge in [0.2, 0.25) is 0 Å². The zero-order chi connectivity index (χ0) is 13.5. The molecule has 0 saturated heterocycles. The maximum atomic E-state index is 5.52. The molecule has 18 heavy (non-hydrogen) atoms. The number of rotatable bonds is 7. The lowest BCUT2D eigenvalue weighted by Crippen LogP contribution is -2.19. The molecule has 0 aromatic heterocycles. The monoisotopic (exact) mass is 251 g/mol. The fourth-order valence-corrected chi connectivity index (χ4v) is 2.16. The van der Waals surface area contributed by atoms with Gasteiger partial charge in [0.15, 0.2) is 0 Å². The van der Waals surface area contributed by atoms with E-state index >= 15 is 0 Å². The Hall–Kier alpha value is -1.22. The summed E-state index contributed by atoms with van der Waals surface area (Å²) in [6.45, 7) is 6.28. The standard InChI is InChI=1S/C15H25NO2/c1-6-7-10-16(3)11-13-8-9-14(17-4)12(2)15(13)18-5/h8-9H,6-7,10-11H2,1-5H3. The summed E-state index contributed by atoms with van der Waals surface area (Å²) in [6.07, 6.45) is 2.46. The van der Waals surface area contributed by atoms with E-state index in [0.717, 1.165) is 30.2 Å². The van der Waals surface area contributed by atoms with Gasteiger partial charge in [0.1, 0.15) is 11.5 Å². The van der Waals surface area contributed by atoms with Gasteiger partial charge in [-0.3, -0.25) is 0 Å². The first-order valence-corrected chi connectivity index (χ1v) is 6.53. The summed E-state index contributed by atoms with van der Waals surface area (Å²) in [7, 11) is 5.56. The zero-order valence-corrected chi connectivity index (χ0v) is 12.2. The van der Waals surface area contributed by atoms with Crippen molar-refractivity contribution in [3.8, 4) is 11.5 Å². The van der Waals surface area contributed by atoms with Crippen LogP contribution in [0, 0.1) is 6.92 Å². The highest BCUT2D eigenvalue weighted by atomic mass is 16.5. The molecule has 0 N–H and O–H groups in total. The highest BCUT2D eigenvalue weighted by molar-refractivity contribution is 5.49. The van der Waals surface area contributed by atoms with E-state index in [1.54, 1.807) is 14.2 Å². The van der Waals surface area contributed by atoms with Gasteiger partial charge in [0.05, 0.1) is 14.2 Å². The van der Waals surface area contributed by atoms with Crippen molar-refractivity contribution in [3.63, 3.8) is 0 Å². The number of unbranched alkanes of at least 4 members (excludes halogenated alkanes) is 1. The minimum Gasteiger partial charge on any atom is -0.496 e. The van der Waals surface area contributed by atoms with E-state index in [4.69, 9.17) is 9.47 Å². The second-order valence-electron chi connectivity index (χ2n) is 4.68. The van der Waals surface area contributed by atoms with Crippen molar-refractivity contribution in [3.05, 3.63) is 23.3 Å². The Bertz CT molecular complexity index is 377. The Balaban J connectivity index is 2.85. The Labute approximate surface area is 111 Å². The van der Waals surface area contributed by atoms with Crippen LogP contribution in [0.1, 0.15) is 30.9 Å². The lowest BCUT2D eigenvalue weighted by molar-refractivity contribution is 0.310. The van der Waals surface area contributed by atoms with E-state index in [-0.39, 0.29) is 0 Å². The first-order chi connectivity index (χ1) is 8.63. The quantitative estimate of drug-likeness (QED) is 0.742. The molecular weight excluding hydrogens is 226 g/mol. The third-order valence-electron chi connectivity index (χ3n) is 3.20. The SMILES string of the molecule is CCCCN(C)Cc1ccc(OC)c(C)c1OC. The van der Waals surface area contributed by atoms with Crippen LogP contribution in [0.3, 0.4) is 0 Å². The van der Waals surface area contributed by atoms with Crippen molar-refractivity contribution < 1.29 is 9.47 Å². The fourth-order valence-electron chi connectivity index (χ4n) is 2.16. The number of ether oxygens (including phenoxy) is 2. The zero-order valence-electron chi connectivity index (χ0n) is 12.2. The molecule has 0 aliphatic heterocycles. The van der Waals surface area contributed by atoms with Crippen LogP contribution in [-0.2, 0) is 6.54 Å². The number of hydrogen-bond acceptors (Lipinski definition) is 3. The lowest BCUT2D eigenvalue weighted by Gasteiger charge is -2.20. The summed E-state index contributed by atoms with van der Waals surface area (Å²) in [5.41, 5.74) is 2.29. The predicted octanol–water partition coefficient (Wildman–Crippen LogP) is 3.24. The summed E-state index contributed by atoms with van der Waals surface area (Å²) < 4.78 is 10.8. The molecule has 0 fully saturated rings. The van der Waals surface area contributed by atoms with E-state index in [1.165, 1.54) is 18.4 Å². The molecule has 3 heteroatoms. The molecule has 0 atom stereocenters. The molecule has 102 valence electrons. The number of hydrogen-bond donors (Lipinski definition) is 0. The lowest BCUT2D eigenvalue weighted by atomic mass is 10.1. The van der Waals surface area contributed by atoms with Crippen LogP contribution in [0.15, 0.2) is 12.1 Å². The maximum Gasteiger partial charge on any atom is 0.129 e. The molecular formula is C15H25NO2. The van der Waals surface area contributed by atoms with Crippen LogP contribution < -0.4 is 9.47 Å². The molecule has 0 spiro atoms. The molecule has 1 aromatic rings. The van der Waals surface area contributed by atoms with Gasteiger partial charge >= 0.3 is 0 Å². The summed E-state index contributed by atoms with van der Waals surface area (Å²) in [5, 5.41) is 0. The van der Waals surface area contributed by atoms with Gasteiger partial charge in [-0.2, -0.15) is 0 Å². The van der Waals surface area contributed by atoms with Crippen LogP contribution >= 0.6 is 0 Å². The van der Waals surface area contributed by atoms with Crippen molar-refractivity contribution in [1.29, 1.82) is 0 Å². The van der Waals surface area contributed by atoms with Gasteiger partial charge in [0.25, 0.3) is 0 Å². The third-order valence-corrected chi connectivity index (χ3v) is 3.20. The molecule has 0 unspecified atom stereocenters. The minimum atomic E-state index is 0.881. The van der Waals surface area contributed by atoms with E-state index in [1.807, 2.05) is 13.0 Å². The van der Waals surface area contributed by atoms with Crippen LogP contribution in [0.25, 0.3) is 0 Å². The van der Waals surface area contributed by atoms with E-state index < -0.39 is 0 Å². The topological polar surface area (TPSA) is 21.7 Å². The average molecular weight is 251 g/mol. The summed E-state index contributed by atoms with van der Waals surface area (Å²) >= 11 is 0. The highest BCUT2D eigenvalue weighted by Crippen LogP contribution is 2.31. The Morgan fingerprint density at radius 3 is 2.44 bits per heavy atom.